The van der Waals surface area contributed by atoms with E-state index in [0.717, 1.165) is 12.8 Å². The molecule has 0 aliphatic heterocycles. The van der Waals surface area contributed by atoms with Crippen molar-refractivity contribution >= 4 is 11.4 Å². The molecule has 0 amide bonds. The first-order chi connectivity index (χ1) is 9.51. The van der Waals surface area contributed by atoms with Crippen LogP contribution in [0.25, 0.3) is 0 Å². The SMILES string of the molecule is CCCCOc1c([N+](=O)[O-])cc(CCC)cc1[N+](=O)[O-]. The molecule has 0 saturated carbocycles. The number of nitro benzene ring substituents is 2. The lowest BCUT2D eigenvalue weighted by Crippen LogP contribution is -2.05. The molecule has 0 aliphatic rings. The third-order valence-corrected chi connectivity index (χ3v) is 2.79. The zero-order chi connectivity index (χ0) is 15.1. The van der Waals surface area contributed by atoms with Crippen molar-refractivity contribution in [3.05, 3.63) is 37.9 Å². The van der Waals surface area contributed by atoms with Gasteiger partial charge in [-0.05, 0) is 18.4 Å². The molecule has 0 saturated heterocycles. The third kappa shape index (κ3) is 3.91. The lowest BCUT2D eigenvalue weighted by atomic mass is 10.1. The fourth-order valence-electron chi connectivity index (χ4n) is 1.83. The summed E-state index contributed by atoms with van der Waals surface area (Å²) >= 11 is 0. The fourth-order valence-corrected chi connectivity index (χ4v) is 1.83. The summed E-state index contributed by atoms with van der Waals surface area (Å²) in [5.41, 5.74) is -0.0914. The summed E-state index contributed by atoms with van der Waals surface area (Å²) in [6.07, 6.45) is 2.84. The Balaban J connectivity index is 3.27. The van der Waals surface area contributed by atoms with Crippen LogP contribution in [0.15, 0.2) is 12.1 Å². The number of hydrogen-bond acceptors (Lipinski definition) is 5. The average molecular weight is 282 g/mol. The van der Waals surface area contributed by atoms with Crippen LogP contribution in [0.3, 0.4) is 0 Å². The van der Waals surface area contributed by atoms with Crippen LogP contribution in [-0.4, -0.2) is 16.5 Å². The van der Waals surface area contributed by atoms with Gasteiger partial charge in [-0.15, -0.1) is 0 Å². The highest BCUT2D eigenvalue weighted by atomic mass is 16.6. The van der Waals surface area contributed by atoms with Gasteiger partial charge in [-0.1, -0.05) is 26.7 Å². The van der Waals surface area contributed by atoms with Crippen molar-refractivity contribution < 1.29 is 14.6 Å². The highest BCUT2D eigenvalue weighted by molar-refractivity contribution is 5.62. The molecule has 0 aliphatic carbocycles. The van der Waals surface area contributed by atoms with Gasteiger partial charge < -0.3 is 4.74 Å². The maximum absolute atomic E-state index is 11.1. The lowest BCUT2D eigenvalue weighted by molar-refractivity contribution is -0.396. The molecule has 0 heterocycles. The molecule has 0 aromatic heterocycles. The molecule has 0 unspecified atom stereocenters. The van der Waals surface area contributed by atoms with Crippen molar-refractivity contribution in [1.29, 1.82) is 0 Å². The van der Waals surface area contributed by atoms with Crippen molar-refractivity contribution in [2.45, 2.75) is 39.5 Å². The van der Waals surface area contributed by atoms with Gasteiger partial charge in [-0.25, -0.2) is 0 Å². The molecule has 0 radical (unpaired) electrons. The molecule has 110 valence electrons. The van der Waals surface area contributed by atoms with Crippen LogP contribution in [0.4, 0.5) is 11.4 Å². The predicted molar refractivity (Wildman–Crippen MR) is 74.1 cm³/mol. The van der Waals surface area contributed by atoms with E-state index in [4.69, 9.17) is 4.74 Å². The van der Waals surface area contributed by atoms with Crippen molar-refractivity contribution in [1.82, 2.24) is 0 Å². The molecular weight excluding hydrogens is 264 g/mol. The molecule has 1 rings (SSSR count). The van der Waals surface area contributed by atoms with E-state index >= 15 is 0 Å². The zero-order valence-corrected chi connectivity index (χ0v) is 11.6. The van der Waals surface area contributed by atoms with E-state index in [2.05, 4.69) is 0 Å². The minimum atomic E-state index is -0.632. The van der Waals surface area contributed by atoms with Crippen LogP contribution in [0.5, 0.6) is 5.75 Å². The van der Waals surface area contributed by atoms with Crippen molar-refractivity contribution in [2.75, 3.05) is 6.61 Å². The molecule has 0 fully saturated rings. The maximum Gasteiger partial charge on any atom is 0.318 e. The lowest BCUT2D eigenvalue weighted by Gasteiger charge is -2.08. The highest BCUT2D eigenvalue weighted by Gasteiger charge is 2.28. The molecule has 0 N–H and O–H groups in total. The van der Waals surface area contributed by atoms with E-state index in [-0.39, 0.29) is 23.7 Å². The van der Waals surface area contributed by atoms with Gasteiger partial charge in [0.2, 0.25) is 0 Å². The first-order valence-electron chi connectivity index (χ1n) is 6.59. The minimum absolute atomic E-state index is 0.227. The number of nitrogens with zero attached hydrogens (tertiary/aromatic N) is 2. The monoisotopic (exact) mass is 282 g/mol. The summed E-state index contributed by atoms with van der Waals surface area (Å²) in [5, 5.41) is 22.2. The van der Waals surface area contributed by atoms with Gasteiger partial charge in [-0.3, -0.25) is 20.2 Å². The number of aryl methyl sites for hydroxylation is 1. The van der Waals surface area contributed by atoms with Gasteiger partial charge in [0.05, 0.1) is 16.5 Å². The Bertz CT molecular complexity index is 467. The van der Waals surface area contributed by atoms with Crippen LogP contribution >= 0.6 is 0 Å². The van der Waals surface area contributed by atoms with Gasteiger partial charge in [0.15, 0.2) is 0 Å². The summed E-state index contributed by atoms with van der Waals surface area (Å²) in [7, 11) is 0. The molecule has 7 heteroatoms. The van der Waals surface area contributed by atoms with Crippen LogP contribution in [0.1, 0.15) is 38.7 Å². The Hall–Kier alpha value is -2.18. The van der Waals surface area contributed by atoms with Gasteiger partial charge in [0.1, 0.15) is 0 Å². The summed E-state index contributed by atoms with van der Waals surface area (Å²) < 4.78 is 5.28. The largest absolute Gasteiger partial charge is 0.482 e. The van der Waals surface area contributed by atoms with Gasteiger partial charge >= 0.3 is 11.4 Å². The standard InChI is InChI=1S/C13H18N2O5/c1-3-5-7-20-13-11(14(16)17)8-10(6-4-2)9-12(13)15(18)19/h8-9H,3-7H2,1-2H3. The molecule has 1 aromatic rings. The number of benzene rings is 1. The summed E-state index contributed by atoms with van der Waals surface area (Å²) in [5.74, 6) is -0.242. The zero-order valence-electron chi connectivity index (χ0n) is 11.6. The quantitative estimate of drug-likeness (QED) is 0.412. The first-order valence-corrected chi connectivity index (χ1v) is 6.59. The minimum Gasteiger partial charge on any atom is -0.482 e. The van der Waals surface area contributed by atoms with Crippen molar-refractivity contribution in [3.8, 4) is 5.75 Å². The first kappa shape index (κ1) is 15.9. The van der Waals surface area contributed by atoms with E-state index in [1.807, 2.05) is 13.8 Å². The number of ether oxygens (including phenoxy) is 1. The molecule has 0 atom stereocenters. The van der Waals surface area contributed by atoms with E-state index < -0.39 is 9.85 Å². The summed E-state index contributed by atoms with van der Waals surface area (Å²) in [6, 6.07) is 2.72. The van der Waals surface area contributed by atoms with Crippen molar-refractivity contribution in [3.63, 3.8) is 0 Å². The van der Waals surface area contributed by atoms with Crippen molar-refractivity contribution in [2.24, 2.45) is 0 Å². The highest BCUT2D eigenvalue weighted by Crippen LogP contribution is 2.38. The van der Waals surface area contributed by atoms with Crippen LogP contribution < -0.4 is 4.74 Å². The Morgan fingerprint density at radius 3 is 2.00 bits per heavy atom. The fraction of sp³-hybridized carbons (Fsp3) is 0.538. The number of unbranched alkanes of at least 4 members (excludes halogenated alkanes) is 1. The Morgan fingerprint density at radius 1 is 1.05 bits per heavy atom. The third-order valence-electron chi connectivity index (χ3n) is 2.79. The van der Waals surface area contributed by atoms with E-state index in [9.17, 15) is 20.2 Å². The molecule has 1 aromatic carbocycles. The summed E-state index contributed by atoms with van der Waals surface area (Å²) in [6.45, 7) is 4.07. The second-order valence-corrected chi connectivity index (χ2v) is 4.43. The molecule has 0 spiro atoms. The Kier molecular flexibility index (Phi) is 5.89. The van der Waals surface area contributed by atoms with Crippen LogP contribution in [0.2, 0.25) is 0 Å². The second kappa shape index (κ2) is 7.42. The smallest absolute Gasteiger partial charge is 0.318 e. The summed E-state index contributed by atoms with van der Waals surface area (Å²) in [4.78, 5) is 20.9. The van der Waals surface area contributed by atoms with E-state index in [1.54, 1.807) is 0 Å². The topological polar surface area (TPSA) is 95.5 Å². The Labute approximate surface area is 116 Å². The molecule has 0 bridgehead atoms. The normalized spacial score (nSPS) is 10.3. The molecular formula is C13H18N2O5. The van der Waals surface area contributed by atoms with Gasteiger partial charge in [-0.2, -0.15) is 0 Å². The van der Waals surface area contributed by atoms with Gasteiger partial charge in [0.25, 0.3) is 5.75 Å². The van der Waals surface area contributed by atoms with Crippen LogP contribution in [0, 0.1) is 20.2 Å². The Morgan fingerprint density at radius 2 is 1.60 bits per heavy atom. The predicted octanol–water partition coefficient (Wildman–Crippen LogP) is 3.63. The second-order valence-electron chi connectivity index (χ2n) is 4.43. The number of rotatable bonds is 8. The van der Waals surface area contributed by atoms with E-state index in [1.165, 1.54) is 12.1 Å². The molecule has 7 nitrogen and oxygen atoms in total. The van der Waals surface area contributed by atoms with Crippen LogP contribution in [-0.2, 0) is 6.42 Å². The maximum atomic E-state index is 11.1. The average Bonchev–Trinajstić information content (AvgIpc) is 2.39. The molecule has 20 heavy (non-hydrogen) atoms. The van der Waals surface area contributed by atoms with E-state index in [0.29, 0.717) is 18.4 Å². The number of nitro groups is 2. The number of hydrogen-bond donors (Lipinski definition) is 0. The van der Waals surface area contributed by atoms with Gasteiger partial charge in [0, 0.05) is 12.1 Å².